The molecular weight excluding hydrogens is 290 g/mol. The predicted molar refractivity (Wildman–Crippen MR) is 89.3 cm³/mol. The van der Waals surface area contributed by atoms with Crippen LogP contribution < -0.4 is 10.6 Å². The van der Waals surface area contributed by atoms with Gasteiger partial charge in [-0.25, -0.2) is 4.68 Å². The summed E-state index contributed by atoms with van der Waals surface area (Å²) in [7, 11) is 0. The van der Waals surface area contributed by atoms with E-state index in [1.54, 1.807) is 6.20 Å². The van der Waals surface area contributed by atoms with Crippen molar-refractivity contribution in [1.29, 1.82) is 0 Å². The molecule has 0 aliphatic carbocycles. The third-order valence-electron chi connectivity index (χ3n) is 3.95. The van der Waals surface area contributed by atoms with Crippen LogP contribution in [-0.4, -0.2) is 53.3 Å². The van der Waals surface area contributed by atoms with Gasteiger partial charge < -0.3 is 10.6 Å². The summed E-state index contributed by atoms with van der Waals surface area (Å²) in [5.74, 6) is 0.0689. The molecule has 0 saturated carbocycles. The molecule has 3 rings (SSSR count). The number of hydrogen-bond acceptors (Lipinski definition) is 4. The van der Waals surface area contributed by atoms with Crippen molar-refractivity contribution < 1.29 is 4.79 Å². The van der Waals surface area contributed by atoms with Crippen LogP contribution in [0.25, 0.3) is 5.69 Å². The molecular formula is C17H23N5O. The molecule has 1 aliphatic rings. The van der Waals surface area contributed by atoms with Crippen LogP contribution in [0.4, 0.5) is 0 Å². The Morgan fingerprint density at radius 2 is 2.09 bits per heavy atom. The van der Waals surface area contributed by atoms with Gasteiger partial charge in [-0.05, 0) is 31.6 Å². The minimum absolute atomic E-state index is 0.0689. The summed E-state index contributed by atoms with van der Waals surface area (Å²) in [6.45, 7) is 4.88. The van der Waals surface area contributed by atoms with E-state index in [0.29, 0.717) is 13.1 Å². The van der Waals surface area contributed by atoms with Crippen molar-refractivity contribution >= 4 is 5.91 Å². The normalized spacial score (nSPS) is 16.0. The molecule has 122 valence electrons. The monoisotopic (exact) mass is 313 g/mol. The van der Waals surface area contributed by atoms with Crippen LogP contribution in [0.15, 0.2) is 42.7 Å². The first-order valence-corrected chi connectivity index (χ1v) is 8.10. The second-order valence-corrected chi connectivity index (χ2v) is 5.79. The number of amides is 1. The molecule has 1 aromatic carbocycles. The highest BCUT2D eigenvalue weighted by Gasteiger charge is 2.12. The topological polar surface area (TPSA) is 62.2 Å². The Balaban J connectivity index is 1.48. The molecule has 0 radical (unpaired) electrons. The predicted octanol–water partition coefficient (Wildman–Crippen LogP) is 0.784. The number of aromatic nitrogens is 2. The van der Waals surface area contributed by atoms with Crippen molar-refractivity contribution in [3.05, 3.63) is 48.3 Å². The molecule has 6 nitrogen and oxygen atoms in total. The maximum atomic E-state index is 12.1. The fraction of sp³-hybridized carbons (Fsp3) is 0.412. The van der Waals surface area contributed by atoms with Gasteiger partial charge in [0.2, 0.25) is 5.91 Å². The summed E-state index contributed by atoms with van der Waals surface area (Å²) in [6, 6.07) is 9.95. The van der Waals surface area contributed by atoms with E-state index in [2.05, 4.69) is 20.6 Å². The Labute approximate surface area is 136 Å². The lowest BCUT2D eigenvalue weighted by Crippen LogP contribution is -2.38. The van der Waals surface area contributed by atoms with Gasteiger partial charge in [-0.1, -0.05) is 18.2 Å². The minimum Gasteiger partial charge on any atom is -0.351 e. The molecule has 1 amide bonds. The molecule has 0 bridgehead atoms. The summed E-state index contributed by atoms with van der Waals surface area (Å²) >= 11 is 0. The standard InChI is InChI=1S/C17H23N5O/c23-17(14-21-9-4-7-18-8-10-21)19-11-15-12-20-22(13-15)16-5-2-1-3-6-16/h1-3,5-6,12-13,18H,4,7-11,14H2,(H,19,23). The van der Waals surface area contributed by atoms with Gasteiger partial charge in [0.1, 0.15) is 0 Å². The van der Waals surface area contributed by atoms with Crippen LogP contribution in [0.2, 0.25) is 0 Å². The highest BCUT2D eigenvalue weighted by molar-refractivity contribution is 5.78. The van der Waals surface area contributed by atoms with Crippen LogP contribution in [0.1, 0.15) is 12.0 Å². The van der Waals surface area contributed by atoms with Crippen molar-refractivity contribution in [3.63, 3.8) is 0 Å². The number of rotatable bonds is 5. The largest absolute Gasteiger partial charge is 0.351 e. The zero-order chi connectivity index (χ0) is 15.9. The highest BCUT2D eigenvalue weighted by Crippen LogP contribution is 2.07. The average Bonchev–Trinajstić information content (AvgIpc) is 2.91. The first-order valence-electron chi connectivity index (χ1n) is 8.10. The third kappa shape index (κ3) is 4.64. The summed E-state index contributed by atoms with van der Waals surface area (Å²) in [6.07, 6.45) is 4.84. The SMILES string of the molecule is O=C(CN1CCCNCC1)NCc1cnn(-c2ccccc2)c1. The second kappa shape index (κ2) is 7.89. The van der Waals surface area contributed by atoms with Gasteiger partial charge in [-0.15, -0.1) is 0 Å². The Bertz CT molecular complexity index is 617. The molecule has 1 saturated heterocycles. The first kappa shape index (κ1) is 15.7. The number of hydrogen-bond donors (Lipinski definition) is 2. The van der Waals surface area contributed by atoms with Gasteiger partial charge in [0.25, 0.3) is 0 Å². The van der Waals surface area contributed by atoms with Crippen molar-refractivity contribution in [3.8, 4) is 5.69 Å². The Morgan fingerprint density at radius 1 is 1.22 bits per heavy atom. The molecule has 1 aliphatic heterocycles. The highest BCUT2D eigenvalue weighted by atomic mass is 16.2. The van der Waals surface area contributed by atoms with Crippen LogP contribution in [0.5, 0.6) is 0 Å². The Hall–Kier alpha value is -2.18. The molecule has 2 aromatic rings. The van der Waals surface area contributed by atoms with E-state index in [4.69, 9.17) is 0 Å². The summed E-state index contributed by atoms with van der Waals surface area (Å²) in [4.78, 5) is 14.3. The molecule has 0 unspecified atom stereocenters. The number of nitrogens with one attached hydrogen (secondary N) is 2. The number of para-hydroxylation sites is 1. The molecule has 0 spiro atoms. The van der Waals surface area contributed by atoms with Crippen molar-refractivity contribution in [2.24, 2.45) is 0 Å². The molecule has 1 aromatic heterocycles. The van der Waals surface area contributed by atoms with Crippen LogP contribution in [-0.2, 0) is 11.3 Å². The van der Waals surface area contributed by atoms with Crippen LogP contribution in [0, 0.1) is 0 Å². The lowest BCUT2D eigenvalue weighted by Gasteiger charge is -2.18. The van der Waals surface area contributed by atoms with E-state index in [-0.39, 0.29) is 5.91 Å². The quantitative estimate of drug-likeness (QED) is 0.856. The van der Waals surface area contributed by atoms with Gasteiger partial charge in [-0.2, -0.15) is 5.10 Å². The number of carbonyl (C=O) groups excluding carboxylic acids is 1. The van der Waals surface area contributed by atoms with Gasteiger partial charge in [0, 0.05) is 31.4 Å². The van der Waals surface area contributed by atoms with Crippen molar-refractivity contribution in [1.82, 2.24) is 25.3 Å². The molecule has 2 N–H and O–H groups in total. The van der Waals surface area contributed by atoms with E-state index in [1.165, 1.54) is 0 Å². The van der Waals surface area contributed by atoms with Gasteiger partial charge in [0.05, 0.1) is 18.4 Å². The molecule has 0 atom stereocenters. The number of benzene rings is 1. The smallest absolute Gasteiger partial charge is 0.234 e. The minimum atomic E-state index is 0.0689. The van der Waals surface area contributed by atoms with Crippen molar-refractivity contribution in [2.45, 2.75) is 13.0 Å². The van der Waals surface area contributed by atoms with E-state index < -0.39 is 0 Å². The number of nitrogens with zero attached hydrogens (tertiary/aromatic N) is 3. The number of carbonyl (C=O) groups is 1. The Morgan fingerprint density at radius 3 is 2.96 bits per heavy atom. The maximum absolute atomic E-state index is 12.1. The zero-order valence-corrected chi connectivity index (χ0v) is 13.2. The lowest BCUT2D eigenvalue weighted by molar-refractivity contribution is -0.122. The van der Waals surface area contributed by atoms with Gasteiger partial charge >= 0.3 is 0 Å². The van der Waals surface area contributed by atoms with Crippen LogP contribution in [0.3, 0.4) is 0 Å². The molecule has 6 heteroatoms. The lowest BCUT2D eigenvalue weighted by atomic mass is 10.3. The van der Waals surface area contributed by atoms with Gasteiger partial charge in [-0.3, -0.25) is 9.69 Å². The molecule has 1 fully saturated rings. The van der Waals surface area contributed by atoms with E-state index in [9.17, 15) is 4.79 Å². The second-order valence-electron chi connectivity index (χ2n) is 5.79. The zero-order valence-electron chi connectivity index (χ0n) is 13.2. The fourth-order valence-corrected chi connectivity index (χ4v) is 2.69. The maximum Gasteiger partial charge on any atom is 0.234 e. The summed E-state index contributed by atoms with van der Waals surface area (Å²) in [5.41, 5.74) is 2.02. The van der Waals surface area contributed by atoms with Crippen molar-refractivity contribution in [2.75, 3.05) is 32.7 Å². The fourth-order valence-electron chi connectivity index (χ4n) is 2.69. The van der Waals surface area contributed by atoms with E-state index in [1.807, 2.05) is 41.2 Å². The first-order chi connectivity index (χ1) is 11.3. The molecule has 2 heterocycles. The average molecular weight is 313 g/mol. The molecule has 23 heavy (non-hydrogen) atoms. The Kier molecular flexibility index (Phi) is 5.39. The third-order valence-corrected chi connectivity index (χ3v) is 3.95. The van der Waals surface area contributed by atoms with E-state index in [0.717, 1.165) is 43.9 Å². The summed E-state index contributed by atoms with van der Waals surface area (Å²) < 4.78 is 1.82. The van der Waals surface area contributed by atoms with Gasteiger partial charge in [0.15, 0.2) is 0 Å². The summed E-state index contributed by atoms with van der Waals surface area (Å²) in [5, 5.41) is 10.7. The van der Waals surface area contributed by atoms with Crippen LogP contribution >= 0.6 is 0 Å². The van der Waals surface area contributed by atoms with E-state index >= 15 is 0 Å².